The molecule has 2 aliphatic rings. The highest BCUT2D eigenvalue weighted by Crippen LogP contribution is 2.40. The number of unbranched alkanes of at least 4 members (excludes halogenated alkanes) is 1. The van der Waals surface area contributed by atoms with Gasteiger partial charge < -0.3 is 40.4 Å². The molecule has 1 saturated carbocycles. The minimum atomic E-state index is -0.888. The molecule has 59 heavy (non-hydrogen) atoms. The van der Waals surface area contributed by atoms with Crippen LogP contribution in [0.3, 0.4) is 0 Å². The second-order valence-corrected chi connectivity index (χ2v) is 16.6. The van der Waals surface area contributed by atoms with Gasteiger partial charge in [-0.1, -0.05) is 78.1 Å². The molecule has 7 rings (SSSR count). The molecule has 3 amide bonds. The number of amides is 3. The number of carbonyl (C=O) groups excluding carboxylic acids is 3. The van der Waals surface area contributed by atoms with E-state index in [0.717, 1.165) is 66.1 Å². The number of likely N-dealkylation sites (tertiary alicyclic amines) is 1. The van der Waals surface area contributed by atoms with Crippen LogP contribution in [0.15, 0.2) is 95.8 Å². The lowest BCUT2D eigenvalue weighted by Crippen LogP contribution is -2.33. The lowest BCUT2D eigenvalue weighted by Gasteiger charge is -2.21. The number of para-hydroxylation sites is 1. The van der Waals surface area contributed by atoms with Crippen molar-refractivity contribution >= 4 is 50.8 Å². The second-order valence-electron chi connectivity index (χ2n) is 15.6. The number of phenolic OH excluding ortho intramolecular Hbond substituents is 1. The number of carbonyl (C=O) groups is 3. The van der Waals surface area contributed by atoms with Gasteiger partial charge in [-0.15, -0.1) is 0 Å². The summed E-state index contributed by atoms with van der Waals surface area (Å²) in [5.74, 6) is 0.863. The standard InChI is InChI=1S/C45H52N6O7S/c1-50(20-8-7-16-40(54)47-33-13-9-10-29(22-33)25-46-26-39(53)36-17-18-38(52)42-43(36)59-45(57)49-42)41(55)19-21-51-27-31-23-34(24-32(31)28-51)58-44(56)48-37-15-6-5-14-35(37)30-11-3-2-4-12-30/h2-6,9-15,17-18,22,31-32,34,39,46,52-53H,7-8,16,19-21,23-28H2,1H3,(H,47,54)(H,48,56)(H,49,57)/t31-,32+,34?,39-/m0/s1. The number of rotatable bonds is 17. The molecule has 4 aromatic carbocycles. The molecule has 6 N–H and O–H groups in total. The summed E-state index contributed by atoms with van der Waals surface area (Å²) in [7, 11) is 1.82. The SMILES string of the molecule is CN(CCCCC(=O)Nc1cccc(CNC[C@H](O)c2ccc(O)c3[nH]c(=O)sc23)c1)C(=O)CCN1C[C@H]2CC(OC(=O)Nc3ccccc3-c3ccccc3)C[C@H]2C1. The summed E-state index contributed by atoms with van der Waals surface area (Å²) in [6.07, 6.45) is 2.39. The van der Waals surface area contributed by atoms with E-state index in [1.54, 1.807) is 11.0 Å². The van der Waals surface area contributed by atoms with Crippen LogP contribution in [0.5, 0.6) is 5.75 Å². The maximum absolute atomic E-state index is 13.0. The van der Waals surface area contributed by atoms with Crippen molar-refractivity contribution in [1.29, 1.82) is 0 Å². The van der Waals surface area contributed by atoms with Gasteiger partial charge in [-0.2, -0.15) is 0 Å². The van der Waals surface area contributed by atoms with E-state index in [1.165, 1.54) is 6.07 Å². The largest absolute Gasteiger partial charge is 0.506 e. The van der Waals surface area contributed by atoms with Crippen molar-refractivity contribution < 1.29 is 29.3 Å². The van der Waals surface area contributed by atoms with Crippen molar-refractivity contribution in [2.75, 3.05) is 50.4 Å². The minimum absolute atomic E-state index is 0.0371. The molecule has 1 saturated heterocycles. The van der Waals surface area contributed by atoms with E-state index in [-0.39, 0.29) is 35.1 Å². The van der Waals surface area contributed by atoms with E-state index in [9.17, 15) is 29.4 Å². The third-order valence-corrected chi connectivity index (χ3v) is 12.3. The van der Waals surface area contributed by atoms with Crippen LogP contribution in [-0.4, -0.2) is 88.8 Å². The molecule has 1 aliphatic heterocycles. The molecule has 0 radical (unpaired) electrons. The first-order valence-corrected chi connectivity index (χ1v) is 21.1. The van der Waals surface area contributed by atoms with Crippen LogP contribution < -0.4 is 20.8 Å². The number of nitrogens with one attached hydrogen (secondary N) is 4. The Balaban J connectivity index is 0.749. The van der Waals surface area contributed by atoms with Gasteiger partial charge in [0, 0.05) is 76.0 Å². The lowest BCUT2D eigenvalue weighted by molar-refractivity contribution is -0.130. The van der Waals surface area contributed by atoms with Crippen LogP contribution in [0.1, 0.15) is 55.8 Å². The molecular weight excluding hydrogens is 769 g/mol. The molecule has 1 aliphatic carbocycles. The number of nitrogens with zero attached hydrogens (tertiary/aromatic N) is 2. The Morgan fingerprint density at radius 1 is 0.932 bits per heavy atom. The zero-order chi connectivity index (χ0) is 41.3. The first-order chi connectivity index (χ1) is 28.6. The van der Waals surface area contributed by atoms with Crippen LogP contribution in [-0.2, 0) is 20.9 Å². The predicted molar refractivity (Wildman–Crippen MR) is 230 cm³/mol. The van der Waals surface area contributed by atoms with Gasteiger partial charge in [-0.25, -0.2) is 4.79 Å². The summed E-state index contributed by atoms with van der Waals surface area (Å²) in [6.45, 7) is 3.77. The molecule has 1 unspecified atom stereocenters. The topological polar surface area (TPSA) is 176 Å². The molecule has 310 valence electrons. The number of aliphatic hydroxyl groups excluding tert-OH is 1. The van der Waals surface area contributed by atoms with E-state index in [1.807, 2.05) is 85.9 Å². The average molecular weight is 821 g/mol. The number of aliphatic hydroxyl groups is 1. The van der Waals surface area contributed by atoms with Crippen molar-refractivity contribution in [3.8, 4) is 16.9 Å². The number of hydrogen-bond donors (Lipinski definition) is 6. The van der Waals surface area contributed by atoms with Crippen LogP contribution in [0.2, 0.25) is 0 Å². The molecule has 1 aromatic heterocycles. The summed E-state index contributed by atoms with van der Waals surface area (Å²) >= 11 is 0.948. The quantitative estimate of drug-likeness (QED) is 0.0558. The molecule has 2 fully saturated rings. The number of thiazole rings is 1. The molecule has 14 heteroatoms. The van der Waals surface area contributed by atoms with Crippen LogP contribution >= 0.6 is 11.3 Å². The van der Waals surface area contributed by atoms with Crippen molar-refractivity contribution in [3.63, 3.8) is 0 Å². The number of aromatic hydroxyl groups is 1. The Hall–Kier alpha value is -5.54. The number of H-pyrrole nitrogens is 1. The van der Waals surface area contributed by atoms with E-state index < -0.39 is 12.2 Å². The van der Waals surface area contributed by atoms with Crippen LogP contribution in [0.25, 0.3) is 21.3 Å². The third-order valence-electron chi connectivity index (χ3n) is 11.3. The second kappa shape index (κ2) is 19.5. The van der Waals surface area contributed by atoms with E-state index in [2.05, 4.69) is 25.8 Å². The zero-order valence-electron chi connectivity index (χ0n) is 33.2. The summed E-state index contributed by atoms with van der Waals surface area (Å²) in [6, 6.07) is 28.3. The molecular formula is C45H52N6O7S. The zero-order valence-corrected chi connectivity index (χ0v) is 34.0. The van der Waals surface area contributed by atoms with Crippen LogP contribution in [0, 0.1) is 11.8 Å². The first-order valence-electron chi connectivity index (χ1n) is 20.3. The monoisotopic (exact) mass is 820 g/mol. The predicted octanol–water partition coefficient (Wildman–Crippen LogP) is 6.70. The number of anilines is 2. The van der Waals surface area contributed by atoms with E-state index in [0.29, 0.717) is 72.2 Å². The molecule has 0 spiro atoms. The molecule has 0 bridgehead atoms. The number of aromatic nitrogens is 1. The number of fused-ring (bicyclic) bond motifs is 2. The average Bonchev–Trinajstić information content (AvgIpc) is 3.92. The Labute approximate surface area is 347 Å². The summed E-state index contributed by atoms with van der Waals surface area (Å²) < 4.78 is 6.40. The van der Waals surface area contributed by atoms with Gasteiger partial charge in [-0.3, -0.25) is 19.7 Å². The Morgan fingerprint density at radius 3 is 2.49 bits per heavy atom. The van der Waals surface area contributed by atoms with Gasteiger partial charge in [0.05, 0.1) is 16.5 Å². The number of phenols is 1. The van der Waals surface area contributed by atoms with Gasteiger partial charge in [0.15, 0.2) is 0 Å². The highest BCUT2D eigenvalue weighted by atomic mass is 32.1. The highest BCUT2D eigenvalue weighted by Gasteiger charge is 2.42. The lowest BCUT2D eigenvalue weighted by atomic mass is 10.0. The van der Waals surface area contributed by atoms with Crippen molar-refractivity contribution in [1.82, 2.24) is 20.1 Å². The molecule has 5 aromatic rings. The highest BCUT2D eigenvalue weighted by molar-refractivity contribution is 7.16. The van der Waals surface area contributed by atoms with Gasteiger partial charge in [0.2, 0.25) is 11.8 Å². The van der Waals surface area contributed by atoms with Gasteiger partial charge in [0.25, 0.3) is 0 Å². The Bertz CT molecular complexity index is 2280. The number of ether oxygens (including phenoxy) is 1. The molecule has 13 nitrogen and oxygen atoms in total. The fraction of sp³-hybridized carbons (Fsp3) is 0.378. The maximum Gasteiger partial charge on any atom is 0.411 e. The smallest absolute Gasteiger partial charge is 0.411 e. The number of benzene rings is 4. The van der Waals surface area contributed by atoms with Crippen molar-refractivity contribution in [2.24, 2.45) is 11.8 Å². The van der Waals surface area contributed by atoms with Gasteiger partial charge >= 0.3 is 11.0 Å². The fourth-order valence-electron chi connectivity index (χ4n) is 8.32. The normalized spacial score (nSPS) is 18.0. The molecule has 2 heterocycles. The minimum Gasteiger partial charge on any atom is -0.506 e. The van der Waals surface area contributed by atoms with Crippen LogP contribution in [0.4, 0.5) is 16.2 Å². The van der Waals surface area contributed by atoms with Gasteiger partial charge in [-0.05, 0) is 72.9 Å². The number of hydrogen-bond acceptors (Lipinski definition) is 10. The van der Waals surface area contributed by atoms with Gasteiger partial charge in [0.1, 0.15) is 17.4 Å². The van der Waals surface area contributed by atoms with Crippen molar-refractivity contribution in [2.45, 2.75) is 57.3 Å². The number of aromatic amines is 1. The summed E-state index contributed by atoms with van der Waals surface area (Å²) in [5.41, 5.74) is 5.19. The Morgan fingerprint density at radius 2 is 1.69 bits per heavy atom. The van der Waals surface area contributed by atoms with Crippen molar-refractivity contribution in [3.05, 3.63) is 112 Å². The van der Waals surface area contributed by atoms with E-state index in [4.69, 9.17) is 4.74 Å². The summed E-state index contributed by atoms with van der Waals surface area (Å²) in [4.78, 5) is 56.8. The molecule has 4 atom stereocenters. The summed E-state index contributed by atoms with van der Waals surface area (Å²) in [5, 5.41) is 29.9. The maximum atomic E-state index is 13.0. The fourth-order valence-corrected chi connectivity index (χ4v) is 9.24. The third kappa shape index (κ3) is 10.9. The van der Waals surface area contributed by atoms with E-state index >= 15 is 0 Å². The Kier molecular flexibility index (Phi) is 13.7. The first kappa shape index (κ1) is 41.6.